The number of esters is 1. The summed E-state index contributed by atoms with van der Waals surface area (Å²) in [6.45, 7) is 6.62. The molecule has 0 spiro atoms. The number of fused-ring (bicyclic) bond motifs is 2. The van der Waals surface area contributed by atoms with Gasteiger partial charge in [-0.15, -0.1) is 0 Å². The summed E-state index contributed by atoms with van der Waals surface area (Å²) in [6, 6.07) is 11.7. The van der Waals surface area contributed by atoms with Crippen LogP contribution in [0.4, 0.5) is 0 Å². The van der Waals surface area contributed by atoms with Gasteiger partial charge in [-0.3, -0.25) is 0 Å². The highest BCUT2D eigenvalue weighted by atomic mass is 16.5. The molecule has 1 unspecified atom stereocenters. The van der Waals surface area contributed by atoms with Crippen molar-refractivity contribution in [1.29, 1.82) is 0 Å². The Morgan fingerprint density at radius 2 is 1.92 bits per heavy atom. The van der Waals surface area contributed by atoms with Gasteiger partial charge < -0.3 is 14.2 Å². The largest absolute Gasteiger partial charge is 0.462 e. The quantitative estimate of drug-likeness (QED) is 0.640. The van der Waals surface area contributed by atoms with Gasteiger partial charge in [-0.25, -0.2) is 4.79 Å². The number of ether oxygens (including phenoxy) is 3. The lowest BCUT2D eigenvalue weighted by atomic mass is 9.91. The van der Waals surface area contributed by atoms with E-state index in [9.17, 15) is 4.79 Å². The summed E-state index contributed by atoms with van der Waals surface area (Å²) >= 11 is 0. The van der Waals surface area contributed by atoms with Crippen molar-refractivity contribution in [3.63, 3.8) is 0 Å². The van der Waals surface area contributed by atoms with Crippen molar-refractivity contribution in [1.82, 2.24) is 0 Å². The fourth-order valence-electron chi connectivity index (χ4n) is 3.10. The zero-order valence-corrected chi connectivity index (χ0v) is 14.3. The van der Waals surface area contributed by atoms with Crippen LogP contribution in [0.25, 0.3) is 0 Å². The van der Waals surface area contributed by atoms with Gasteiger partial charge in [0.25, 0.3) is 0 Å². The molecule has 24 heavy (non-hydrogen) atoms. The maximum Gasteiger partial charge on any atom is 0.338 e. The first-order valence-electron chi connectivity index (χ1n) is 8.35. The van der Waals surface area contributed by atoms with Crippen LogP contribution in [-0.2, 0) is 15.9 Å². The van der Waals surface area contributed by atoms with Gasteiger partial charge in [-0.1, -0.05) is 24.3 Å². The second-order valence-electron chi connectivity index (χ2n) is 5.71. The molecule has 0 N–H and O–H groups in total. The normalized spacial score (nSPS) is 13.5. The maximum atomic E-state index is 12.6. The highest BCUT2D eigenvalue weighted by Crippen LogP contribution is 2.40. The fraction of sp³-hybridized carbons (Fsp3) is 0.350. The molecule has 2 aromatic rings. The third-order valence-corrected chi connectivity index (χ3v) is 4.20. The van der Waals surface area contributed by atoms with Gasteiger partial charge in [0.15, 0.2) is 0 Å². The summed E-state index contributed by atoms with van der Waals surface area (Å²) in [7, 11) is 0. The Bertz CT molecular complexity index is 751. The first-order chi connectivity index (χ1) is 11.7. The predicted molar refractivity (Wildman–Crippen MR) is 91.8 cm³/mol. The molecule has 0 saturated carbocycles. The monoisotopic (exact) mass is 326 g/mol. The van der Waals surface area contributed by atoms with Gasteiger partial charge in [-0.2, -0.15) is 0 Å². The highest BCUT2D eigenvalue weighted by Gasteiger charge is 2.28. The SMILES string of the molecule is CCOC(=O)c1c(C(C)OCC)ccc2c1Cc1ccccc1O2. The van der Waals surface area contributed by atoms with E-state index in [0.29, 0.717) is 30.9 Å². The Labute approximate surface area is 142 Å². The minimum Gasteiger partial charge on any atom is -0.462 e. The first kappa shape index (κ1) is 16.5. The molecule has 0 amide bonds. The number of para-hydroxylation sites is 1. The van der Waals surface area contributed by atoms with Crippen molar-refractivity contribution in [2.75, 3.05) is 13.2 Å². The zero-order chi connectivity index (χ0) is 17.1. The predicted octanol–water partition coefficient (Wildman–Crippen LogP) is 4.66. The minimum atomic E-state index is -0.320. The summed E-state index contributed by atoms with van der Waals surface area (Å²) in [6.07, 6.45) is 0.462. The molecule has 0 radical (unpaired) electrons. The molecule has 126 valence electrons. The summed E-state index contributed by atoms with van der Waals surface area (Å²) in [5.41, 5.74) is 3.36. The summed E-state index contributed by atoms with van der Waals surface area (Å²) in [4.78, 5) is 12.6. The van der Waals surface area contributed by atoms with E-state index in [4.69, 9.17) is 14.2 Å². The molecule has 4 nitrogen and oxygen atoms in total. The third kappa shape index (κ3) is 3.02. The van der Waals surface area contributed by atoms with E-state index in [1.165, 1.54) is 0 Å². The lowest BCUT2D eigenvalue weighted by Gasteiger charge is -2.25. The number of rotatable bonds is 5. The molecule has 4 heteroatoms. The summed E-state index contributed by atoms with van der Waals surface area (Å²) < 4.78 is 17.0. The molecule has 3 rings (SSSR count). The highest BCUT2D eigenvalue weighted by molar-refractivity contribution is 5.94. The molecule has 2 aromatic carbocycles. The zero-order valence-electron chi connectivity index (χ0n) is 14.3. The van der Waals surface area contributed by atoms with Gasteiger partial charge in [0.2, 0.25) is 0 Å². The van der Waals surface area contributed by atoms with Gasteiger partial charge in [0, 0.05) is 18.6 Å². The topological polar surface area (TPSA) is 44.8 Å². The number of benzene rings is 2. The van der Waals surface area contributed by atoms with Crippen molar-refractivity contribution in [2.45, 2.75) is 33.3 Å². The average Bonchev–Trinajstić information content (AvgIpc) is 2.59. The van der Waals surface area contributed by atoms with E-state index in [1.54, 1.807) is 0 Å². The van der Waals surface area contributed by atoms with Gasteiger partial charge in [0.1, 0.15) is 11.5 Å². The first-order valence-corrected chi connectivity index (χ1v) is 8.35. The molecule has 0 bridgehead atoms. The molecule has 1 atom stereocenters. The Hall–Kier alpha value is -2.33. The second-order valence-corrected chi connectivity index (χ2v) is 5.71. The van der Waals surface area contributed by atoms with Crippen LogP contribution in [0.5, 0.6) is 11.5 Å². The maximum absolute atomic E-state index is 12.6. The van der Waals surface area contributed by atoms with E-state index in [1.807, 2.05) is 57.2 Å². The van der Waals surface area contributed by atoms with Crippen molar-refractivity contribution < 1.29 is 19.0 Å². The Kier molecular flexibility index (Phi) is 4.86. The molecule has 1 aliphatic heterocycles. The molecule has 0 saturated heterocycles. The number of carbonyl (C=O) groups is 1. The van der Waals surface area contributed by atoms with E-state index in [-0.39, 0.29) is 12.1 Å². The number of carbonyl (C=O) groups excluding carboxylic acids is 1. The molecule has 0 fully saturated rings. The van der Waals surface area contributed by atoms with Gasteiger partial charge in [-0.05, 0) is 44.0 Å². The van der Waals surface area contributed by atoms with Gasteiger partial charge >= 0.3 is 5.97 Å². The molecule has 1 heterocycles. The van der Waals surface area contributed by atoms with Crippen LogP contribution in [0.15, 0.2) is 36.4 Å². The van der Waals surface area contributed by atoms with Crippen molar-refractivity contribution in [3.05, 3.63) is 58.7 Å². The van der Waals surface area contributed by atoms with Crippen molar-refractivity contribution >= 4 is 5.97 Å². The van der Waals surface area contributed by atoms with Crippen LogP contribution >= 0.6 is 0 Å². The standard InChI is InChI=1S/C20H22O4/c1-4-22-13(3)15-10-11-18-16(19(15)20(21)23-5-2)12-14-8-6-7-9-17(14)24-18/h6-11,13H,4-5,12H2,1-3H3. The molecule has 0 aromatic heterocycles. The van der Waals surface area contributed by atoms with Crippen LogP contribution in [0.3, 0.4) is 0 Å². The smallest absolute Gasteiger partial charge is 0.338 e. The number of hydrogen-bond acceptors (Lipinski definition) is 4. The van der Waals surface area contributed by atoms with Gasteiger partial charge in [0.05, 0.1) is 18.3 Å². The van der Waals surface area contributed by atoms with Crippen molar-refractivity contribution in [3.8, 4) is 11.5 Å². The van der Waals surface area contributed by atoms with E-state index in [2.05, 4.69) is 0 Å². The van der Waals surface area contributed by atoms with Crippen LogP contribution in [0.1, 0.15) is 53.9 Å². The molecule has 0 aliphatic carbocycles. The lowest BCUT2D eigenvalue weighted by molar-refractivity contribution is 0.0498. The van der Waals surface area contributed by atoms with Crippen LogP contribution < -0.4 is 4.74 Å². The second kappa shape index (κ2) is 7.05. The molecular formula is C20H22O4. The molecular weight excluding hydrogens is 304 g/mol. The average molecular weight is 326 g/mol. The van der Waals surface area contributed by atoms with E-state index < -0.39 is 0 Å². The lowest BCUT2D eigenvalue weighted by Crippen LogP contribution is -2.17. The minimum absolute atomic E-state index is 0.183. The van der Waals surface area contributed by atoms with E-state index in [0.717, 1.165) is 22.4 Å². The third-order valence-electron chi connectivity index (χ3n) is 4.20. The fourth-order valence-corrected chi connectivity index (χ4v) is 3.10. The summed E-state index contributed by atoms with van der Waals surface area (Å²) in [5.74, 6) is 1.23. The summed E-state index contributed by atoms with van der Waals surface area (Å²) in [5, 5.41) is 0. The Morgan fingerprint density at radius 1 is 1.12 bits per heavy atom. The van der Waals surface area contributed by atoms with Crippen LogP contribution in [-0.4, -0.2) is 19.2 Å². The Balaban J connectivity index is 2.10. The van der Waals surface area contributed by atoms with Crippen LogP contribution in [0.2, 0.25) is 0 Å². The Morgan fingerprint density at radius 3 is 2.67 bits per heavy atom. The van der Waals surface area contributed by atoms with Crippen molar-refractivity contribution in [2.24, 2.45) is 0 Å². The molecule has 1 aliphatic rings. The number of hydrogen-bond donors (Lipinski definition) is 0. The van der Waals surface area contributed by atoms with Crippen LogP contribution in [0, 0.1) is 0 Å². The van der Waals surface area contributed by atoms with E-state index >= 15 is 0 Å².